The van der Waals surface area contributed by atoms with Crippen LogP contribution in [0.4, 0.5) is 0 Å². The number of rotatable bonds is 3. The summed E-state index contributed by atoms with van der Waals surface area (Å²) < 4.78 is 8.03. The van der Waals surface area contributed by atoms with E-state index in [9.17, 15) is 5.11 Å². The minimum atomic E-state index is -0.577. The maximum Gasteiger partial charge on any atom is 0.130 e. The summed E-state index contributed by atoms with van der Waals surface area (Å²) in [6.45, 7) is 4.69. The van der Waals surface area contributed by atoms with Gasteiger partial charge in [-0.15, -0.1) is 5.10 Å². The molecule has 1 N–H and O–H groups in total. The van der Waals surface area contributed by atoms with Crippen molar-refractivity contribution in [3.63, 3.8) is 0 Å². The number of hydrogen-bond acceptors (Lipinski definition) is 4. The Morgan fingerprint density at radius 1 is 1.15 bits per heavy atom. The molecule has 1 aromatic heterocycles. The Kier molecular flexibility index (Phi) is 3.99. The van der Waals surface area contributed by atoms with Gasteiger partial charge in [-0.1, -0.05) is 41.6 Å². The number of benzene rings is 1. The highest BCUT2D eigenvalue weighted by Crippen LogP contribution is 2.38. The largest absolute Gasteiger partial charge is 0.508 e. The van der Waals surface area contributed by atoms with Crippen LogP contribution in [0.1, 0.15) is 31.5 Å². The molecule has 5 heteroatoms. The third kappa shape index (κ3) is 3.33. The van der Waals surface area contributed by atoms with Gasteiger partial charge in [0.15, 0.2) is 0 Å². The molecule has 0 fully saturated rings. The van der Waals surface area contributed by atoms with Crippen LogP contribution >= 0.6 is 0 Å². The van der Waals surface area contributed by atoms with E-state index in [1.165, 1.54) is 5.56 Å². The molecule has 0 amide bonds. The van der Waals surface area contributed by atoms with Crippen molar-refractivity contribution in [2.24, 2.45) is 0 Å². The second-order valence-electron chi connectivity index (χ2n) is 7.08. The number of aliphatic hydroxyl groups is 1. The van der Waals surface area contributed by atoms with Gasteiger partial charge in [-0.25, -0.2) is 4.68 Å². The Morgan fingerprint density at radius 3 is 2.77 bits per heavy atom. The van der Waals surface area contributed by atoms with Gasteiger partial charge in [-0.2, -0.15) is 0 Å². The second-order valence-corrected chi connectivity index (χ2v) is 7.08. The first kappa shape index (κ1) is 16.4. The van der Waals surface area contributed by atoms with E-state index < -0.39 is 5.60 Å². The SMILES string of the molecule is CC1(C)OC2=CC(O)=CC=C(C=C1c1cn(Cc3ccccc3)nn1)C2. The molecule has 0 saturated carbocycles. The molecule has 26 heavy (non-hydrogen) atoms. The standard InChI is InChI=1S/C21H21N3O2/c1-21(2)19(11-16-8-9-17(25)12-18(10-16)26-21)20-14-24(23-22-20)13-15-6-4-3-5-7-15/h3-9,11-12,14,25H,10,13H2,1-2H3. The summed E-state index contributed by atoms with van der Waals surface area (Å²) in [4.78, 5) is 0. The molecule has 2 heterocycles. The van der Waals surface area contributed by atoms with Gasteiger partial charge >= 0.3 is 0 Å². The van der Waals surface area contributed by atoms with E-state index in [-0.39, 0.29) is 5.76 Å². The molecule has 0 unspecified atom stereocenters. The van der Waals surface area contributed by atoms with Crippen molar-refractivity contribution >= 4 is 5.57 Å². The van der Waals surface area contributed by atoms with Crippen LogP contribution in [-0.4, -0.2) is 25.7 Å². The zero-order valence-electron chi connectivity index (χ0n) is 14.9. The minimum Gasteiger partial charge on any atom is -0.508 e. The van der Waals surface area contributed by atoms with E-state index in [0.29, 0.717) is 13.0 Å². The van der Waals surface area contributed by atoms with Crippen LogP contribution in [0.25, 0.3) is 5.57 Å². The van der Waals surface area contributed by atoms with Gasteiger partial charge in [-0.3, -0.25) is 0 Å². The van der Waals surface area contributed by atoms with E-state index in [4.69, 9.17) is 4.74 Å². The maximum absolute atomic E-state index is 9.84. The first-order valence-corrected chi connectivity index (χ1v) is 8.66. The number of aliphatic hydroxyl groups excluding tert-OH is 1. The van der Waals surface area contributed by atoms with Crippen molar-refractivity contribution in [2.45, 2.75) is 32.4 Å². The van der Waals surface area contributed by atoms with Crippen molar-refractivity contribution in [2.75, 3.05) is 0 Å². The van der Waals surface area contributed by atoms with Crippen LogP contribution in [0.2, 0.25) is 0 Å². The first-order chi connectivity index (χ1) is 12.5. The highest BCUT2D eigenvalue weighted by molar-refractivity contribution is 5.72. The average Bonchev–Trinajstić information content (AvgIpc) is 2.91. The Bertz CT molecular complexity index is 947. The monoisotopic (exact) mass is 347 g/mol. The molecule has 0 saturated heterocycles. The summed E-state index contributed by atoms with van der Waals surface area (Å²) in [7, 11) is 0. The molecule has 4 rings (SSSR count). The summed E-state index contributed by atoms with van der Waals surface area (Å²) in [6.07, 6.45) is 9.96. The molecular formula is C21H21N3O2. The predicted molar refractivity (Wildman–Crippen MR) is 100 cm³/mol. The van der Waals surface area contributed by atoms with Gasteiger partial charge in [0.05, 0.1) is 12.7 Å². The fourth-order valence-electron chi connectivity index (χ4n) is 3.28. The number of aromatic nitrogens is 3. The van der Waals surface area contributed by atoms with Crippen LogP contribution in [-0.2, 0) is 11.3 Å². The molecular weight excluding hydrogens is 326 g/mol. The van der Waals surface area contributed by atoms with Gasteiger partial charge in [0, 0.05) is 18.1 Å². The number of ether oxygens (including phenoxy) is 1. The Morgan fingerprint density at radius 2 is 1.96 bits per heavy atom. The molecule has 1 aliphatic heterocycles. The molecule has 1 aliphatic carbocycles. The van der Waals surface area contributed by atoms with Crippen LogP contribution in [0.5, 0.6) is 0 Å². The number of fused-ring (bicyclic) bond motifs is 2. The zero-order valence-corrected chi connectivity index (χ0v) is 14.9. The lowest BCUT2D eigenvalue weighted by molar-refractivity contribution is 0.0854. The lowest BCUT2D eigenvalue weighted by Gasteiger charge is -2.27. The normalized spacial score (nSPS) is 18.5. The summed E-state index contributed by atoms with van der Waals surface area (Å²) in [5.41, 5.74) is 3.44. The molecule has 0 radical (unpaired) electrons. The third-order valence-corrected chi connectivity index (χ3v) is 4.52. The second kappa shape index (κ2) is 6.33. The maximum atomic E-state index is 9.84. The van der Waals surface area contributed by atoms with Crippen molar-refractivity contribution in [1.29, 1.82) is 0 Å². The van der Waals surface area contributed by atoms with Gasteiger partial charge in [0.25, 0.3) is 0 Å². The number of allylic oxidation sites excluding steroid dienone is 5. The van der Waals surface area contributed by atoms with Crippen LogP contribution in [0.15, 0.2) is 77.9 Å². The lowest BCUT2D eigenvalue weighted by atomic mass is 9.93. The quantitative estimate of drug-likeness (QED) is 0.905. The van der Waals surface area contributed by atoms with Gasteiger partial charge < -0.3 is 9.84 Å². The third-order valence-electron chi connectivity index (χ3n) is 4.52. The van der Waals surface area contributed by atoms with Crippen LogP contribution < -0.4 is 0 Å². The van der Waals surface area contributed by atoms with E-state index >= 15 is 0 Å². The van der Waals surface area contributed by atoms with E-state index in [2.05, 4.69) is 28.5 Å². The molecule has 1 aromatic carbocycles. The first-order valence-electron chi connectivity index (χ1n) is 8.66. The molecule has 132 valence electrons. The van der Waals surface area contributed by atoms with E-state index in [1.54, 1.807) is 12.2 Å². The fourth-order valence-corrected chi connectivity index (χ4v) is 3.28. The Hall–Kier alpha value is -3.08. The average molecular weight is 347 g/mol. The molecule has 2 aromatic rings. The van der Waals surface area contributed by atoms with Crippen LogP contribution in [0, 0.1) is 0 Å². The van der Waals surface area contributed by atoms with Gasteiger partial charge in [0.2, 0.25) is 0 Å². The van der Waals surface area contributed by atoms with Gasteiger partial charge in [-0.05, 0) is 37.1 Å². The summed E-state index contributed by atoms with van der Waals surface area (Å²) >= 11 is 0. The summed E-state index contributed by atoms with van der Waals surface area (Å²) in [5, 5.41) is 18.5. The van der Waals surface area contributed by atoms with E-state index in [1.807, 2.05) is 49.0 Å². The predicted octanol–water partition coefficient (Wildman–Crippen LogP) is 4.17. The number of nitrogens with zero attached hydrogens (tertiary/aromatic N) is 3. The minimum absolute atomic E-state index is 0.205. The summed E-state index contributed by atoms with van der Waals surface area (Å²) in [6, 6.07) is 10.2. The van der Waals surface area contributed by atoms with Crippen LogP contribution in [0.3, 0.4) is 0 Å². The van der Waals surface area contributed by atoms with Crippen molar-refractivity contribution in [3.05, 3.63) is 89.2 Å². The molecule has 5 nitrogen and oxygen atoms in total. The molecule has 0 atom stereocenters. The zero-order chi connectivity index (χ0) is 18.1. The molecule has 0 spiro atoms. The van der Waals surface area contributed by atoms with Gasteiger partial charge in [0.1, 0.15) is 22.8 Å². The lowest BCUT2D eigenvalue weighted by Crippen LogP contribution is -2.25. The Labute approximate surface area is 152 Å². The summed E-state index contributed by atoms with van der Waals surface area (Å²) in [5.74, 6) is 0.951. The fraction of sp³-hybridized carbons (Fsp3) is 0.238. The highest BCUT2D eigenvalue weighted by Gasteiger charge is 2.32. The van der Waals surface area contributed by atoms with Crippen molar-refractivity contribution in [1.82, 2.24) is 15.0 Å². The van der Waals surface area contributed by atoms with Crippen molar-refractivity contribution < 1.29 is 9.84 Å². The topological polar surface area (TPSA) is 60.2 Å². The molecule has 2 bridgehead atoms. The molecule has 2 aliphatic rings. The number of hydrogen-bond donors (Lipinski definition) is 1. The smallest absolute Gasteiger partial charge is 0.130 e. The highest BCUT2D eigenvalue weighted by atomic mass is 16.5. The van der Waals surface area contributed by atoms with Crippen molar-refractivity contribution in [3.8, 4) is 0 Å². The van der Waals surface area contributed by atoms with E-state index in [0.717, 1.165) is 22.6 Å². The Balaban J connectivity index is 1.68.